The number of carbonyl (C=O) groups is 2. The van der Waals surface area contributed by atoms with Gasteiger partial charge >= 0.3 is 5.97 Å². The Hall–Kier alpha value is -2.71. The molecule has 0 atom stereocenters. The van der Waals surface area contributed by atoms with E-state index in [2.05, 4.69) is 15.5 Å². The van der Waals surface area contributed by atoms with E-state index in [0.29, 0.717) is 22.4 Å². The zero-order valence-electron chi connectivity index (χ0n) is 13.5. The SMILES string of the molecule is O=C(COC(=O)CCc1nc(-c2ccsc2)no1)Nc1cccc(Cl)c1. The first-order valence-electron chi connectivity index (χ1n) is 7.66. The molecule has 1 amide bonds. The highest BCUT2D eigenvalue weighted by Gasteiger charge is 2.13. The first-order valence-corrected chi connectivity index (χ1v) is 8.98. The van der Waals surface area contributed by atoms with Crippen LogP contribution in [-0.2, 0) is 20.7 Å². The van der Waals surface area contributed by atoms with Crippen LogP contribution in [0, 0.1) is 0 Å². The number of rotatable bonds is 7. The highest BCUT2D eigenvalue weighted by atomic mass is 35.5. The van der Waals surface area contributed by atoms with Crippen LogP contribution in [0.3, 0.4) is 0 Å². The summed E-state index contributed by atoms with van der Waals surface area (Å²) in [4.78, 5) is 27.7. The fraction of sp³-hybridized carbons (Fsp3) is 0.176. The highest BCUT2D eigenvalue weighted by Crippen LogP contribution is 2.19. The van der Waals surface area contributed by atoms with Gasteiger partial charge in [0.15, 0.2) is 6.61 Å². The molecule has 0 fully saturated rings. The lowest BCUT2D eigenvalue weighted by molar-refractivity contribution is -0.147. The molecule has 3 rings (SSSR count). The van der Waals surface area contributed by atoms with Gasteiger partial charge in [0.1, 0.15) is 0 Å². The Kier molecular flexibility index (Phi) is 5.98. The number of ether oxygens (including phenoxy) is 1. The number of aryl methyl sites for hydroxylation is 1. The molecule has 0 aliphatic rings. The van der Waals surface area contributed by atoms with Crippen LogP contribution >= 0.6 is 22.9 Å². The Morgan fingerprint density at radius 3 is 2.96 bits per heavy atom. The Morgan fingerprint density at radius 1 is 1.31 bits per heavy atom. The maximum atomic E-state index is 11.8. The van der Waals surface area contributed by atoms with Crippen molar-refractivity contribution in [3.05, 3.63) is 52.0 Å². The molecule has 0 saturated carbocycles. The number of benzene rings is 1. The summed E-state index contributed by atoms with van der Waals surface area (Å²) in [5.74, 6) is -0.151. The van der Waals surface area contributed by atoms with Gasteiger partial charge in [0.2, 0.25) is 11.7 Å². The van der Waals surface area contributed by atoms with E-state index in [1.165, 1.54) is 11.3 Å². The molecular formula is C17H14ClN3O4S. The van der Waals surface area contributed by atoms with E-state index in [4.69, 9.17) is 20.9 Å². The first-order chi connectivity index (χ1) is 12.6. The van der Waals surface area contributed by atoms with Crippen molar-refractivity contribution in [2.45, 2.75) is 12.8 Å². The van der Waals surface area contributed by atoms with Gasteiger partial charge in [-0.05, 0) is 29.6 Å². The molecule has 0 bridgehead atoms. The third-order valence-electron chi connectivity index (χ3n) is 3.26. The number of nitrogens with one attached hydrogen (secondary N) is 1. The van der Waals surface area contributed by atoms with Gasteiger partial charge in [-0.15, -0.1) is 0 Å². The van der Waals surface area contributed by atoms with Gasteiger partial charge in [0, 0.05) is 28.1 Å². The molecule has 0 spiro atoms. The third-order valence-corrected chi connectivity index (χ3v) is 4.18. The summed E-state index contributed by atoms with van der Waals surface area (Å²) >= 11 is 7.37. The number of anilines is 1. The number of halogens is 1. The second-order valence-corrected chi connectivity index (χ2v) is 6.46. The Labute approximate surface area is 157 Å². The van der Waals surface area contributed by atoms with Crippen molar-refractivity contribution in [2.75, 3.05) is 11.9 Å². The zero-order valence-corrected chi connectivity index (χ0v) is 15.0. The van der Waals surface area contributed by atoms with Gasteiger partial charge in [-0.2, -0.15) is 16.3 Å². The van der Waals surface area contributed by atoms with E-state index >= 15 is 0 Å². The molecule has 1 aromatic carbocycles. The summed E-state index contributed by atoms with van der Waals surface area (Å²) in [6.45, 7) is -0.380. The molecule has 2 heterocycles. The van der Waals surface area contributed by atoms with E-state index in [1.54, 1.807) is 24.3 Å². The average Bonchev–Trinajstić information content (AvgIpc) is 3.29. The molecular weight excluding hydrogens is 378 g/mol. The van der Waals surface area contributed by atoms with Crippen molar-refractivity contribution in [3.8, 4) is 11.4 Å². The minimum Gasteiger partial charge on any atom is -0.456 e. The molecule has 0 aliphatic carbocycles. The summed E-state index contributed by atoms with van der Waals surface area (Å²) in [6.07, 6.45) is 0.279. The number of hydrogen-bond donors (Lipinski definition) is 1. The summed E-state index contributed by atoms with van der Waals surface area (Å²) in [5.41, 5.74) is 1.40. The fourth-order valence-electron chi connectivity index (χ4n) is 2.06. The minimum atomic E-state index is -0.526. The number of carbonyl (C=O) groups excluding carboxylic acids is 2. The lowest BCUT2D eigenvalue weighted by Gasteiger charge is -2.06. The molecule has 3 aromatic rings. The Morgan fingerprint density at radius 2 is 2.19 bits per heavy atom. The van der Waals surface area contributed by atoms with Crippen LogP contribution < -0.4 is 5.32 Å². The summed E-state index contributed by atoms with van der Waals surface area (Å²) in [6, 6.07) is 8.57. The molecule has 0 saturated heterocycles. The maximum absolute atomic E-state index is 11.8. The molecule has 134 valence electrons. The molecule has 26 heavy (non-hydrogen) atoms. The molecule has 1 N–H and O–H groups in total. The van der Waals surface area contributed by atoms with Gasteiger partial charge in [-0.1, -0.05) is 22.8 Å². The second-order valence-electron chi connectivity index (χ2n) is 5.24. The minimum absolute atomic E-state index is 0.0374. The van der Waals surface area contributed by atoms with Crippen molar-refractivity contribution in [1.82, 2.24) is 10.1 Å². The molecule has 0 aliphatic heterocycles. The number of amides is 1. The van der Waals surface area contributed by atoms with Gasteiger partial charge in [0.05, 0.1) is 6.42 Å². The molecule has 9 heteroatoms. The van der Waals surface area contributed by atoms with Crippen LogP contribution in [0.1, 0.15) is 12.3 Å². The van der Waals surface area contributed by atoms with Gasteiger partial charge in [0.25, 0.3) is 5.91 Å². The molecule has 0 unspecified atom stereocenters. The quantitative estimate of drug-likeness (QED) is 0.619. The number of esters is 1. The van der Waals surface area contributed by atoms with Crippen molar-refractivity contribution in [1.29, 1.82) is 0 Å². The maximum Gasteiger partial charge on any atom is 0.306 e. The number of nitrogens with zero attached hydrogens (tertiary/aromatic N) is 2. The third kappa shape index (κ3) is 5.14. The van der Waals surface area contributed by atoms with E-state index < -0.39 is 11.9 Å². The first kappa shape index (κ1) is 18.1. The predicted octanol–water partition coefficient (Wildman–Crippen LogP) is 3.57. The Balaban J connectivity index is 1.41. The largest absolute Gasteiger partial charge is 0.456 e. The van der Waals surface area contributed by atoms with Gasteiger partial charge in [-0.3, -0.25) is 9.59 Å². The number of hydrogen-bond acceptors (Lipinski definition) is 7. The molecule has 0 radical (unpaired) electrons. The summed E-state index contributed by atoms with van der Waals surface area (Å²) in [5, 5.41) is 10.8. The van der Waals surface area contributed by atoms with Crippen LogP contribution in [0.2, 0.25) is 5.02 Å². The fourth-order valence-corrected chi connectivity index (χ4v) is 2.88. The van der Waals surface area contributed by atoms with Gasteiger partial charge < -0.3 is 14.6 Å². The lowest BCUT2D eigenvalue weighted by atomic mass is 10.3. The topological polar surface area (TPSA) is 94.3 Å². The van der Waals surface area contributed by atoms with E-state index in [-0.39, 0.29) is 19.4 Å². The number of thiophene rings is 1. The Bertz CT molecular complexity index is 895. The smallest absolute Gasteiger partial charge is 0.306 e. The van der Waals surface area contributed by atoms with Crippen LogP contribution in [0.15, 0.2) is 45.6 Å². The van der Waals surface area contributed by atoms with Crippen molar-refractivity contribution < 1.29 is 18.8 Å². The van der Waals surface area contributed by atoms with Crippen molar-refractivity contribution in [2.24, 2.45) is 0 Å². The van der Waals surface area contributed by atoms with Crippen LogP contribution in [-0.4, -0.2) is 28.6 Å². The lowest BCUT2D eigenvalue weighted by Crippen LogP contribution is -2.21. The summed E-state index contributed by atoms with van der Waals surface area (Å²) < 4.78 is 10.0. The van der Waals surface area contributed by atoms with Crippen LogP contribution in [0.25, 0.3) is 11.4 Å². The zero-order chi connectivity index (χ0) is 18.4. The van der Waals surface area contributed by atoms with Crippen molar-refractivity contribution >= 4 is 40.5 Å². The highest BCUT2D eigenvalue weighted by molar-refractivity contribution is 7.08. The van der Waals surface area contributed by atoms with Crippen molar-refractivity contribution in [3.63, 3.8) is 0 Å². The standard InChI is InChI=1S/C17H14ClN3O4S/c18-12-2-1-3-13(8-12)19-14(22)9-24-16(23)5-4-15-20-17(21-25-15)11-6-7-26-10-11/h1-3,6-8,10H,4-5,9H2,(H,19,22). The van der Waals surface area contributed by atoms with E-state index in [0.717, 1.165) is 5.56 Å². The van der Waals surface area contributed by atoms with E-state index in [1.807, 2.05) is 16.8 Å². The monoisotopic (exact) mass is 391 g/mol. The second kappa shape index (κ2) is 8.59. The van der Waals surface area contributed by atoms with Gasteiger partial charge in [-0.25, -0.2) is 0 Å². The number of aromatic nitrogens is 2. The van der Waals surface area contributed by atoms with Crippen LogP contribution in [0.4, 0.5) is 5.69 Å². The normalized spacial score (nSPS) is 10.5. The van der Waals surface area contributed by atoms with E-state index in [9.17, 15) is 9.59 Å². The van der Waals surface area contributed by atoms with Crippen LogP contribution in [0.5, 0.6) is 0 Å². The molecule has 7 nitrogen and oxygen atoms in total. The molecule has 2 aromatic heterocycles. The summed E-state index contributed by atoms with van der Waals surface area (Å²) in [7, 11) is 0. The predicted molar refractivity (Wildman–Crippen MR) is 97.0 cm³/mol. The average molecular weight is 392 g/mol.